The van der Waals surface area contributed by atoms with Gasteiger partial charge in [-0.15, -0.1) is 0 Å². The smallest absolute Gasteiger partial charge is 0.338 e. The predicted molar refractivity (Wildman–Crippen MR) is 77.0 cm³/mol. The number of hydrogen-bond acceptors (Lipinski definition) is 3. The number of alkyl halides is 3. The molecule has 0 unspecified atom stereocenters. The fourth-order valence-corrected chi connectivity index (χ4v) is 2.42. The summed E-state index contributed by atoms with van der Waals surface area (Å²) in [6.07, 6.45) is 4.46. The number of rotatable bonds is 6. The van der Waals surface area contributed by atoms with Crippen molar-refractivity contribution < 1.29 is 13.2 Å². The molecule has 1 aromatic heterocycles. The molecule has 2 aromatic rings. The molecule has 1 N–H and O–H groups in total. The van der Waals surface area contributed by atoms with E-state index in [4.69, 9.17) is 0 Å². The maximum Gasteiger partial charge on any atom is 0.446 e. The molecular formula is C14H16F3N3S. The number of imidazole rings is 1. The lowest BCUT2D eigenvalue weighted by Crippen LogP contribution is -2.18. The number of nitrogens with zero attached hydrogens (tertiary/aromatic N) is 2. The van der Waals surface area contributed by atoms with Crippen LogP contribution in [0.25, 0.3) is 0 Å². The van der Waals surface area contributed by atoms with Gasteiger partial charge >= 0.3 is 5.51 Å². The highest BCUT2D eigenvalue weighted by Gasteiger charge is 2.28. The molecule has 0 aliphatic heterocycles. The van der Waals surface area contributed by atoms with E-state index in [0.717, 1.165) is 24.4 Å². The summed E-state index contributed by atoms with van der Waals surface area (Å²) in [6, 6.07) is 6.41. The van der Waals surface area contributed by atoms with E-state index >= 15 is 0 Å². The average Bonchev–Trinajstić information content (AvgIpc) is 2.80. The SMILES string of the molecule is Cn1ccnc1CCNCc1ccc(SC(F)(F)F)cc1. The maximum atomic E-state index is 12.2. The van der Waals surface area contributed by atoms with Crippen molar-refractivity contribution in [2.24, 2.45) is 7.05 Å². The highest BCUT2D eigenvalue weighted by molar-refractivity contribution is 8.00. The molecule has 114 valence electrons. The van der Waals surface area contributed by atoms with Crippen LogP contribution in [0.4, 0.5) is 13.2 Å². The zero-order valence-corrected chi connectivity index (χ0v) is 12.3. The van der Waals surface area contributed by atoms with Gasteiger partial charge in [0, 0.05) is 43.8 Å². The first-order valence-electron chi connectivity index (χ1n) is 6.45. The standard InChI is InChI=1S/C14H16F3N3S/c1-20-9-8-19-13(20)6-7-18-10-11-2-4-12(5-3-11)21-14(15,16)17/h2-5,8-9,18H,6-7,10H2,1H3. The molecule has 21 heavy (non-hydrogen) atoms. The Hall–Kier alpha value is -1.47. The largest absolute Gasteiger partial charge is 0.446 e. The minimum Gasteiger partial charge on any atom is -0.338 e. The number of benzene rings is 1. The highest BCUT2D eigenvalue weighted by Crippen LogP contribution is 2.36. The monoisotopic (exact) mass is 315 g/mol. The minimum absolute atomic E-state index is 0.0938. The molecule has 3 nitrogen and oxygen atoms in total. The lowest BCUT2D eigenvalue weighted by molar-refractivity contribution is -0.0328. The average molecular weight is 315 g/mol. The third-order valence-electron chi connectivity index (χ3n) is 2.93. The topological polar surface area (TPSA) is 29.9 Å². The summed E-state index contributed by atoms with van der Waals surface area (Å²) in [5, 5.41) is 3.25. The van der Waals surface area contributed by atoms with Crippen LogP contribution in [0.2, 0.25) is 0 Å². The molecule has 0 aliphatic rings. The molecule has 0 saturated heterocycles. The molecule has 2 rings (SSSR count). The van der Waals surface area contributed by atoms with Crippen molar-refractivity contribution in [1.82, 2.24) is 14.9 Å². The molecular weight excluding hydrogens is 299 g/mol. The first-order chi connectivity index (χ1) is 9.94. The Bertz CT molecular complexity index is 564. The van der Waals surface area contributed by atoms with E-state index in [9.17, 15) is 13.2 Å². The number of hydrogen-bond donors (Lipinski definition) is 1. The Labute approximate surface area is 125 Å². The quantitative estimate of drug-likeness (QED) is 0.655. The fourth-order valence-electron chi connectivity index (χ4n) is 1.88. The van der Waals surface area contributed by atoms with Gasteiger partial charge in [0.1, 0.15) is 5.82 Å². The van der Waals surface area contributed by atoms with Gasteiger partial charge in [-0.1, -0.05) is 12.1 Å². The summed E-state index contributed by atoms with van der Waals surface area (Å²) in [6.45, 7) is 1.39. The second-order valence-corrected chi connectivity index (χ2v) is 5.71. The van der Waals surface area contributed by atoms with Gasteiger partial charge < -0.3 is 9.88 Å². The van der Waals surface area contributed by atoms with E-state index in [-0.39, 0.29) is 16.7 Å². The Morgan fingerprint density at radius 1 is 1.24 bits per heavy atom. The number of aryl methyl sites for hydroxylation is 1. The molecule has 0 bridgehead atoms. The molecule has 0 aliphatic carbocycles. The molecule has 1 aromatic carbocycles. The van der Waals surface area contributed by atoms with Gasteiger partial charge in [0.15, 0.2) is 0 Å². The van der Waals surface area contributed by atoms with Gasteiger partial charge in [0.2, 0.25) is 0 Å². The third-order valence-corrected chi connectivity index (χ3v) is 3.67. The van der Waals surface area contributed by atoms with E-state index in [0.29, 0.717) is 6.54 Å². The van der Waals surface area contributed by atoms with Gasteiger partial charge in [-0.3, -0.25) is 0 Å². The first kappa shape index (κ1) is 15.9. The number of halogens is 3. The minimum atomic E-state index is -4.23. The lowest BCUT2D eigenvalue weighted by Gasteiger charge is -2.08. The van der Waals surface area contributed by atoms with Gasteiger partial charge in [-0.25, -0.2) is 4.98 Å². The van der Waals surface area contributed by atoms with Crippen molar-refractivity contribution in [3.63, 3.8) is 0 Å². The summed E-state index contributed by atoms with van der Waals surface area (Å²) in [4.78, 5) is 4.43. The zero-order chi connectivity index (χ0) is 15.3. The molecule has 0 saturated carbocycles. The Morgan fingerprint density at radius 2 is 1.95 bits per heavy atom. The second-order valence-electron chi connectivity index (χ2n) is 4.57. The lowest BCUT2D eigenvalue weighted by atomic mass is 10.2. The highest BCUT2D eigenvalue weighted by atomic mass is 32.2. The summed E-state index contributed by atoms with van der Waals surface area (Å²) in [5.74, 6) is 0.999. The summed E-state index contributed by atoms with van der Waals surface area (Å²) in [7, 11) is 1.94. The van der Waals surface area contributed by atoms with E-state index in [1.54, 1.807) is 18.3 Å². The fraction of sp³-hybridized carbons (Fsp3) is 0.357. The van der Waals surface area contributed by atoms with E-state index in [2.05, 4.69) is 10.3 Å². The molecule has 0 spiro atoms. The normalized spacial score (nSPS) is 11.8. The Balaban J connectivity index is 1.75. The van der Waals surface area contributed by atoms with E-state index in [1.807, 2.05) is 17.8 Å². The van der Waals surface area contributed by atoms with Crippen molar-refractivity contribution in [3.05, 3.63) is 48.0 Å². The van der Waals surface area contributed by atoms with Crippen LogP contribution in [0.15, 0.2) is 41.6 Å². The molecule has 0 atom stereocenters. The van der Waals surface area contributed by atoms with Gasteiger partial charge in [-0.2, -0.15) is 13.2 Å². The first-order valence-corrected chi connectivity index (χ1v) is 7.27. The van der Waals surface area contributed by atoms with Crippen LogP contribution in [0, 0.1) is 0 Å². The van der Waals surface area contributed by atoms with Crippen LogP contribution in [0.1, 0.15) is 11.4 Å². The van der Waals surface area contributed by atoms with E-state index < -0.39 is 5.51 Å². The molecule has 1 heterocycles. The number of thioether (sulfide) groups is 1. The summed E-state index contributed by atoms with van der Waals surface area (Å²) >= 11 is -0.0938. The van der Waals surface area contributed by atoms with Crippen LogP contribution in [0.3, 0.4) is 0 Å². The van der Waals surface area contributed by atoms with Crippen LogP contribution >= 0.6 is 11.8 Å². The molecule has 0 radical (unpaired) electrons. The van der Waals surface area contributed by atoms with Crippen LogP contribution < -0.4 is 5.32 Å². The molecule has 7 heteroatoms. The molecule has 0 amide bonds. The summed E-state index contributed by atoms with van der Waals surface area (Å²) < 4.78 is 38.6. The second kappa shape index (κ2) is 7.00. The van der Waals surface area contributed by atoms with Crippen LogP contribution in [0.5, 0.6) is 0 Å². The summed E-state index contributed by atoms with van der Waals surface area (Å²) in [5.41, 5.74) is -3.27. The van der Waals surface area contributed by atoms with Crippen molar-refractivity contribution in [1.29, 1.82) is 0 Å². The van der Waals surface area contributed by atoms with Crippen molar-refractivity contribution in [2.75, 3.05) is 6.54 Å². The van der Waals surface area contributed by atoms with Crippen LogP contribution in [-0.2, 0) is 20.0 Å². The van der Waals surface area contributed by atoms with E-state index in [1.165, 1.54) is 12.1 Å². The predicted octanol–water partition coefficient (Wildman–Crippen LogP) is 3.36. The molecule has 0 fully saturated rings. The number of aromatic nitrogens is 2. The van der Waals surface area contributed by atoms with Crippen LogP contribution in [-0.4, -0.2) is 21.6 Å². The maximum absolute atomic E-state index is 12.2. The van der Waals surface area contributed by atoms with Gasteiger partial charge in [0.05, 0.1) is 0 Å². The Morgan fingerprint density at radius 3 is 2.52 bits per heavy atom. The van der Waals surface area contributed by atoms with Gasteiger partial charge in [-0.05, 0) is 29.5 Å². The Kier molecular flexibility index (Phi) is 5.30. The number of nitrogens with one attached hydrogen (secondary N) is 1. The van der Waals surface area contributed by atoms with Gasteiger partial charge in [0.25, 0.3) is 0 Å². The van der Waals surface area contributed by atoms with Crippen molar-refractivity contribution in [2.45, 2.75) is 23.4 Å². The van der Waals surface area contributed by atoms with Crippen molar-refractivity contribution in [3.8, 4) is 0 Å². The third kappa shape index (κ3) is 5.43. The zero-order valence-electron chi connectivity index (χ0n) is 11.5. The van der Waals surface area contributed by atoms with Crippen molar-refractivity contribution >= 4 is 11.8 Å².